The summed E-state index contributed by atoms with van der Waals surface area (Å²) in [7, 11) is 3.38. The van der Waals surface area contributed by atoms with Gasteiger partial charge in [-0.3, -0.25) is 9.69 Å². The highest BCUT2D eigenvalue weighted by Gasteiger charge is 2.24. The van der Waals surface area contributed by atoms with E-state index in [2.05, 4.69) is 10.2 Å². The van der Waals surface area contributed by atoms with Crippen LogP contribution in [0.1, 0.15) is 59.8 Å². The summed E-state index contributed by atoms with van der Waals surface area (Å²) in [4.78, 5) is 27.7. The van der Waals surface area contributed by atoms with Crippen molar-refractivity contribution in [2.45, 2.75) is 58.4 Å². The molecule has 1 aromatic heterocycles. The number of anilines is 1. The Morgan fingerprint density at radius 2 is 1.96 bits per heavy atom. The highest BCUT2D eigenvalue weighted by molar-refractivity contribution is 7.16. The van der Waals surface area contributed by atoms with Gasteiger partial charge in [-0.05, 0) is 38.8 Å². The molecule has 24 heavy (non-hydrogen) atoms. The Morgan fingerprint density at radius 1 is 1.29 bits per heavy atom. The summed E-state index contributed by atoms with van der Waals surface area (Å²) in [5, 5.41) is 3.54. The molecule has 1 saturated carbocycles. The Kier molecular flexibility index (Phi) is 6.80. The third-order valence-electron chi connectivity index (χ3n) is 4.80. The van der Waals surface area contributed by atoms with Crippen molar-refractivity contribution >= 4 is 28.2 Å². The second-order valence-electron chi connectivity index (χ2n) is 6.44. The van der Waals surface area contributed by atoms with Crippen molar-refractivity contribution in [2.75, 3.05) is 26.0 Å². The molecule has 0 atom stereocenters. The number of esters is 1. The van der Waals surface area contributed by atoms with Crippen LogP contribution in [0.25, 0.3) is 0 Å². The lowest BCUT2D eigenvalue weighted by molar-refractivity contribution is -0.117. The van der Waals surface area contributed by atoms with Crippen LogP contribution in [0.15, 0.2) is 0 Å². The third kappa shape index (κ3) is 4.36. The van der Waals surface area contributed by atoms with Gasteiger partial charge in [0.15, 0.2) is 0 Å². The van der Waals surface area contributed by atoms with Crippen molar-refractivity contribution in [1.82, 2.24) is 4.90 Å². The summed E-state index contributed by atoms with van der Waals surface area (Å²) in [6.45, 7) is 4.33. The van der Waals surface area contributed by atoms with Crippen LogP contribution in [0.3, 0.4) is 0 Å². The SMILES string of the molecule is CCc1c(C)sc(NC(=O)CN(C)C2CCCCC2)c1C(=O)OC. The molecule has 1 aliphatic rings. The van der Waals surface area contributed by atoms with Crippen LogP contribution in [0.4, 0.5) is 5.00 Å². The molecule has 1 fully saturated rings. The van der Waals surface area contributed by atoms with E-state index in [9.17, 15) is 9.59 Å². The summed E-state index contributed by atoms with van der Waals surface area (Å²) in [5.41, 5.74) is 1.47. The normalized spacial score (nSPS) is 15.5. The van der Waals surface area contributed by atoms with E-state index >= 15 is 0 Å². The number of carbonyl (C=O) groups excluding carboxylic acids is 2. The van der Waals surface area contributed by atoms with Gasteiger partial charge in [0.05, 0.1) is 19.2 Å². The number of aryl methyl sites for hydroxylation is 1. The molecule has 0 bridgehead atoms. The molecule has 0 saturated heterocycles. The van der Waals surface area contributed by atoms with Crippen molar-refractivity contribution in [3.05, 3.63) is 16.0 Å². The van der Waals surface area contributed by atoms with Crippen molar-refractivity contribution in [1.29, 1.82) is 0 Å². The molecule has 5 nitrogen and oxygen atoms in total. The fraction of sp³-hybridized carbons (Fsp3) is 0.667. The van der Waals surface area contributed by atoms with Crippen LogP contribution in [0.2, 0.25) is 0 Å². The van der Waals surface area contributed by atoms with Crippen LogP contribution in [-0.4, -0.2) is 43.5 Å². The fourth-order valence-electron chi connectivity index (χ4n) is 3.45. The summed E-state index contributed by atoms with van der Waals surface area (Å²) >= 11 is 1.45. The van der Waals surface area contributed by atoms with E-state index in [1.165, 1.54) is 37.7 Å². The molecule has 1 aromatic rings. The van der Waals surface area contributed by atoms with Crippen molar-refractivity contribution < 1.29 is 14.3 Å². The number of carbonyl (C=O) groups is 2. The lowest BCUT2D eigenvalue weighted by Crippen LogP contribution is -2.39. The summed E-state index contributed by atoms with van der Waals surface area (Å²) in [6, 6.07) is 0.487. The van der Waals surface area contributed by atoms with E-state index in [0.29, 0.717) is 23.2 Å². The minimum atomic E-state index is -0.382. The Bertz CT molecular complexity index is 591. The smallest absolute Gasteiger partial charge is 0.341 e. The number of methoxy groups -OCH3 is 1. The second-order valence-corrected chi connectivity index (χ2v) is 7.67. The van der Waals surface area contributed by atoms with Gasteiger partial charge in [-0.15, -0.1) is 11.3 Å². The van der Waals surface area contributed by atoms with Crippen molar-refractivity contribution in [2.24, 2.45) is 0 Å². The van der Waals surface area contributed by atoms with Crippen LogP contribution >= 0.6 is 11.3 Å². The fourth-order valence-corrected chi connectivity index (χ4v) is 4.60. The predicted molar refractivity (Wildman–Crippen MR) is 97.9 cm³/mol. The number of rotatable bonds is 6. The highest BCUT2D eigenvalue weighted by atomic mass is 32.1. The van der Waals surface area contributed by atoms with Crippen LogP contribution in [0, 0.1) is 6.92 Å². The van der Waals surface area contributed by atoms with E-state index in [1.807, 2.05) is 20.9 Å². The molecule has 134 valence electrons. The number of amides is 1. The van der Waals surface area contributed by atoms with Crippen LogP contribution < -0.4 is 5.32 Å². The van der Waals surface area contributed by atoms with Crippen LogP contribution in [-0.2, 0) is 16.0 Å². The number of nitrogens with zero attached hydrogens (tertiary/aromatic N) is 1. The van der Waals surface area contributed by atoms with Gasteiger partial charge in [-0.1, -0.05) is 26.2 Å². The van der Waals surface area contributed by atoms with Gasteiger partial charge in [-0.2, -0.15) is 0 Å². The van der Waals surface area contributed by atoms with E-state index in [-0.39, 0.29) is 11.9 Å². The first kappa shape index (κ1) is 18.9. The lowest BCUT2D eigenvalue weighted by atomic mass is 9.94. The Balaban J connectivity index is 2.06. The summed E-state index contributed by atoms with van der Waals surface area (Å²) < 4.78 is 4.90. The average molecular weight is 353 g/mol. The van der Waals surface area contributed by atoms with Gasteiger partial charge in [0, 0.05) is 10.9 Å². The summed E-state index contributed by atoms with van der Waals surface area (Å²) in [5.74, 6) is -0.454. The Labute approximate surface area is 148 Å². The Hall–Kier alpha value is -1.40. The number of hydrogen-bond acceptors (Lipinski definition) is 5. The number of nitrogens with one attached hydrogen (secondary N) is 1. The van der Waals surface area contributed by atoms with E-state index < -0.39 is 0 Å². The van der Waals surface area contributed by atoms with E-state index in [0.717, 1.165) is 29.7 Å². The second kappa shape index (κ2) is 8.62. The van der Waals surface area contributed by atoms with Gasteiger partial charge in [0.25, 0.3) is 0 Å². The number of hydrogen-bond donors (Lipinski definition) is 1. The molecule has 0 unspecified atom stereocenters. The zero-order valence-corrected chi connectivity index (χ0v) is 15.9. The third-order valence-corrected chi connectivity index (χ3v) is 5.86. The first-order valence-electron chi connectivity index (χ1n) is 8.68. The molecular weight excluding hydrogens is 324 g/mol. The van der Waals surface area contributed by atoms with Gasteiger partial charge in [-0.25, -0.2) is 4.79 Å². The molecule has 0 radical (unpaired) electrons. The maximum Gasteiger partial charge on any atom is 0.341 e. The maximum absolute atomic E-state index is 12.4. The molecule has 1 aliphatic carbocycles. The molecule has 2 rings (SSSR count). The minimum Gasteiger partial charge on any atom is -0.465 e. The standard InChI is InChI=1S/C18H28N2O3S/c1-5-14-12(2)24-17(16(14)18(22)23-4)19-15(21)11-20(3)13-9-7-6-8-10-13/h13H,5-11H2,1-4H3,(H,19,21). The zero-order valence-electron chi connectivity index (χ0n) is 15.1. The van der Waals surface area contributed by atoms with Gasteiger partial charge in [0.2, 0.25) is 5.91 Å². The van der Waals surface area contributed by atoms with E-state index in [4.69, 9.17) is 4.74 Å². The molecule has 1 heterocycles. The number of thiophene rings is 1. The van der Waals surface area contributed by atoms with Crippen molar-refractivity contribution in [3.63, 3.8) is 0 Å². The molecule has 6 heteroatoms. The average Bonchev–Trinajstić information content (AvgIpc) is 2.89. The number of likely N-dealkylation sites (N-methyl/N-ethyl adjacent to an activating group) is 1. The highest BCUT2D eigenvalue weighted by Crippen LogP contribution is 2.34. The van der Waals surface area contributed by atoms with E-state index in [1.54, 1.807) is 0 Å². The van der Waals surface area contributed by atoms with Gasteiger partial charge in [0.1, 0.15) is 5.00 Å². The molecule has 0 spiro atoms. The zero-order chi connectivity index (χ0) is 17.7. The van der Waals surface area contributed by atoms with Crippen LogP contribution in [0.5, 0.6) is 0 Å². The first-order valence-corrected chi connectivity index (χ1v) is 9.50. The lowest BCUT2D eigenvalue weighted by Gasteiger charge is -2.30. The number of ether oxygens (including phenoxy) is 1. The largest absolute Gasteiger partial charge is 0.465 e. The Morgan fingerprint density at radius 3 is 2.54 bits per heavy atom. The maximum atomic E-state index is 12.4. The molecule has 0 aliphatic heterocycles. The van der Waals surface area contributed by atoms with Gasteiger partial charge < -0.3 is 10.1 Å². The minimum absolute atomic E-state index is 0.0721. The molecule has 1 N–H and O–H groups in total. The molecular formula is C18H28N2O3S. The molecule has 1 amide bonds. The first-order chi connectivity index (χ1) is 11.5. The predicted octanol–water partition coefficient (Wildman–Crippen LogP) is 3.61. The van der Waals surface area contributed by atoms with Gasteiger partial charge >= 0.3 is 5.97 Å². The summed E-state index contributed by atoms with van der Waals surface area (Å²) in [6.07, 6.45) is 6.85. The molecule has 0 aromatic carbocycles. The van der Waals surface area contributed by atoms with Crippen molar-refractivity contribution in [3.8, 4) is 0 Å². The topological polar surface area (TPSA) is 58.6 Å². The quantitative estimate of drug-likeness (QED) is 0.795. The monoisotopic (exact) mass is 352 g/mol.